The fourth-order valence-corrected chi connectivity index (χ4v) is 4.23. The third-order valence-electron chi connectivity index (χ3n) is 6.45. The third kappa shape index (κ3) is 5.55. The summed E-state index contributed by atoms with van der Waals surface area (Å²) in [5.41, 5.74) is 8.83. The third-order valence-corrected chi connectivity index (χ3v) is 6.45. The molecular weight excluding hydrogens is 501 g/mol. The Labute approximate surface area is 216 Å². The number of hydrogen-bond acceptors (Lipinski definition) is 7. The van der Waals surface area contributed by atoms with Crippen molar-refractivity contribution >= 4 is 17.5 Å². The van der Waals surface area contributed by atoms with Crippen molar-refractivity contribution < 1.29 is 22.7 Å². The topological polar surface area (TPSA) is 125 Å². The second-order valence-corrected chi connectivity index (χ2v) is 9.48. The number of nitrogens with one attached hydrogen (secondary N) is 1. The van der Waals surface area contributed by atoms with Crippen LogP contribution in [0.5, 0.6) is 5.88 Å². The number of ether oxygens (including phenoxy) is 1. The van der Waals surface area contributed by atoms with E-state index in [4.69, 9.17) is 10.5 Å². The Kier molecular flexibility index (Phi) is 6.67. The number of rotatable bonds is 9. The standard InChI is InChI=1S/C25H27F3N8O2/c1-3-14(2)32-23(37)19-8-17(9-20-33-24(29)34-36(19)20)18-11-31-35(12-18)22(15-4-5-15)16-6-7-21(30-10-16)38-13-25(26,27)28/h6-12,14-15,22H,3-5,13H2,1-2H3,(H2,29,34)(H,32,37). The Bertz CT molecular complexity index is 1440. The Morgan fingerprint density at radius 3 is 2.68 bits per heavy atom. The fourth-order valence-electron chi connectivity index (χ4n) is 4.23. The molecule has 0 spiro atoms. The van der Waals surface area contributed by atoms with Gasteiger partial charge in [0.1, 0.15) is 5.69 Å². The first-order valence-corrected chi connectivity index (χ1v) is 12.3. The normalized spacial score (nSPS) is 15.4. The summed E-state index contributed by atoms with van der Waals surface area (Å²) in [6.07, 6.45) is 3.43. The largest absolute Gasteiger partial charge is 0.468 e. The van der Waals surface area contributed by atoms with Gasteiger partial charge in [-0.1, -0.05) is 6.92 Å². The van der Waals surface area contributed by atoms with E-state index >= 15 is 0 Å². The molecule has 4 aromatic rings. The molecule has 4 heterocycles. The van der Waals surface area contributed by atoms with Crippen LogP contribution in [-0.2, 0) is 0 Å². The molecular formula is C25H27F3N8O2. The molecule has 13 heteroatoms. The first-order chi connectivity index (χ1) is 18.1. The molecule has 1 aliphatic carbocycles. The first-order valence-electron chi connectivity index (χ1n) is 12.3. The molecule has 0 radical (unpaired) electrons. The highest BCUT2D eigenvalue weighted by Crippen LogP contribution is 2.43. The van der Waals surface area contributed by atoms with Gasteiger partial charge in [0.2, 0.25) is 11.8 Å². The molecule has 2 unspecified atom stereocenters. The minimum Gasteiger partial charge on any atom is -0.468 e. The fraction of sp³-hybridized carbons (Fsp3) is 0.400. The minimum absolute atomic E-state index is 0.0250. The van der Waals surface area contributed by atoms with E-state index < -0.39 is 12.8 Å². The Hall–Kier alpha value is -4.16. The van der Waals surface area contributed by atoms with Gasteiger partial charge in [-0.3, -0.25) is 9.48 Å². The highest BCUT2D eigenvalue weighted by molar-refractivity contribution is 5.95. The van der Waals surface area contributed by atoms with Crippen molar-refractivity contribution in [1.82, 2.24) is 34.7 Å². The number of nitrogens with two attached hydrogens (primary N) is 1. The van der Waals surface area contributed by atoms with Crippen LogP contribution in [0.3, 0.4) is 0 Å². The van der Waals surface area contributed by atoms with E-state index in [2.05, 4.69) is 25.5 Å². The SMILES string of the molecule is CCC(C)NC(=O)c1cc(-c2cnn(C(c3ccc(OCC(F)(F)F)nc3)C3CC3)c2)cc2nc(N)nn12. The van der Waals surface area contributed by atoms with E-state index in [-0.39, 0.29) is 29.8 Å². The molecule has 2 atom stereocenters. The van der Waals surface area contributed by atoms with Crippen LogP contribution in [0.25, 0.3) is 16.8 Å². The van der Waals surface area contributed by atoms with E-state index in [9.17, 15) is 18.0 Å². The lowest BCUT2D eigenvalue weighted by Crippen LogP contribution is -2.33. The van der Waals surface area contributed by atoms with Crippen molar-refractivity contribution in [2.45, 2.75) is 51.4 Å². The number of fused-ring (bicyclic) bond motifs is 1. The summed E-state index contributed by atoms with van der Waals surface area (Å²) >= 11 is 0. The zero-order valence-corrected chi connectivity index (χ0v) is 20.8. The molecule has 1 amide bonds. The number of amides is 1. The van der Waals surface area contributed by atoms with E-state index in [0.717, 1.165) is 30.4 Å². The number of halogens is 3. The van der Waals surface area contributed by atoms with Gasteiger partial charge in [0.05, 0.1) is 12.2 Å². The average Bonchev–Trinajstić information content (AvgIpc) is 3.45. The maximum Gasteiger partial charge on any atom is 0.422 e. The van der Waals surface area contributed by atoms with E-state index in [1.165, 1.54) is 16.8 Å². The Morgan fingerprint density at radius 1 is 1.24 bits per heavy atom. The summed E-state index contributed by atoms with van der Waals surface area (Å²) < 4.78 is 45.3. The van der Waals surface area contributed by atoms with E-state index in [1.54, 1.807) is 24.4 Å². The predicted octanol–water partition coefficient (Wildman–Crippen LogP) is 4.04. The molecule has 200 valence electrons. The van der Waals surface area contributed by atoms with Crippen LogP contribution in [0.2, 0.25) is 0 Å². The molecule has 1 aliphatic rings. The van der Waals surface area contributed by atoms with E-state index in [0.29, 0.717) is 22.8 Å². The van der Waals surface area contributed by atoms with Crippen molar-refractivity contribution in [2.75, 3.05) is 12.3 Å². The van der Waals surface area contributed by atoms with Crippen LogP contribution < -0.4 is 15.8 Å². The zero-order valence-electron chi connectivity index (χ0n) is 20.8. The van der Waals surface area contributed by atoms with Gasteiger partial charge in [0.15, 0.2) is 12.3 Å². The molecule has 0 aliphatic heterocycles. The number of carbonyl (C=O) groups excluding carboxylic acids is 1. The van der Waals surface area contributed by atoms with Crippen molar-refractivity contribution in [1.29, 1.82) is 0 Å². The molecule has 1 saturated carbocycles. The summed E-state index contributed by atoms with van der Waals surface area (Å²) in [7, 11) is 0. The molecule has 5 rings (SSSR count). The molecule has 1 fully saturated rings. The quantitative estimate of drug-likeness (QED) is 0.336. The summed E-state index contributed by atoms with van der Waals surface area (Å²) in [6, 6.07) is 6.49. The number of aromatic nitrogens is 6. The number of hydrogen-bond donors (Lipinski definition) is 2. The number of pyridine rings is 2. The van der Waals surface area contributed by atoms with Gasteiger partial charge in [-0.05, 0) is 61.4 Å². The van der Waals surface area contributed by atoms with Crippen LogP contribution in [0.1, 0.15) is 55.2 Å². The average molecular weight is 529 g/mol. The second kappa shape index (κ2) is 9.95. The maximum absolute atomic E-state index is 13.0. The van der Waals surface area contributed by atoms with E-state index in [1.807, 2.05) is 24.7 Å². The highest BCUT2D eigenvalue weighted by Gasteiger charge is 2.35. The molecule has 3 N–H and O–H groups in total. The lowest BCUT2D eigenvalue weighted by atomic mass is 10.0. The lowest BCUT2D eigenvalue weighted by Gasteiger charge is -2.18. The number of nitrogens with zero attached hydrogens (tertiary/aromatic N) is 6. The summed E-state index contributed by atoms with van der Waals surface area (Å²) in [5.74, 6) is -0.00866. The molecule has 4 aromatic heterocycles. The molecule has 38 heavy (non-hydrogen) atoms. The molecule has 0 saturated heterocycles. The smallest absolute Gasteiger partial charge is 0.422 e. The van der Waals surface area contributed by atoms with Gasteiger partial charge < -0.3 is 15.8 Å². The Balaban J connectivity index is 1.44. The van der Waals surface area contributed by atoms with Crippen molar-refractivity contribution in [3.8, 4) is 17.0 Å². The Morgan fingerprint density at radius 2 is 2.03 bits per heavy atom. The molecule has 10 nitrogen and oxygen atoms in total. The van der Waals surface area contributed by atoms with Crippen LogP contribution in [0, 0.1) is 5.92 Å². The van der Waals surface area contributed by atoms with Crippen molar-refractivity contribution in [3.05, 3.63) is 54.1 Å². The van der Waals surface area contributed by atoms with Gasteiger partial charge in [0, 0.05) is 30.1 Å². The maximum atomic E-state index is 13.0. The minimum atomic E-state index is -4.43. The van der Waals surface area contributed by atoms with Gasteiger partial charge in [0.25, 0.3) is 5.91 Å². The van der Waals surface area contributed by atoms with Gasteiger partial charge >= 0.3 is 6.18 Å². The second-order valence-electron chi connectivity index (χ2n) is 9.48. The summed E-state index contributed by atoms with van der Waals surface area (Å²) in [5, 5.41) is 11.7. The van der Waals surface area contributed by atoms with Crippen LogP contribution >= 0.6 is 0 Å². The molecule has 0 bridgehead atoms. The summed E-state index contributed by atoms with van der Waals surface area (Å²) in [6.45, 7) is 2.50. The monoisotopic (exact) mass is 528 g/mol. The number of nitrogen functional groups attached to an aromatic ring is 1. The number of alkyl halides is 3. The predicted molar refractivity (Wildman–Crippen MR) is 132 cm³/mol. The van der Waals surface area contributed by atoms with Crippen LogP contribution in [-0.4, -0.2) is 54.1 Å². The number of carbonyl (C=O) groups is 1. The van der Waals surface area contributed by atoms with Crippen LogP contribution in [0.4, 0.5) is 19.1 Å². The van der Waals surface area contributed by atoms with Crippen molar-refractivity contribution in [3.63, 3.8) is 0 Å². The van der Waals surface area contributed by atoms with Gasteiger partial charge in [-0.2, -0.15) is 23.3 Å². The van der Waals surface area contributed by atoms with Crippen LogP contribution in [0.15, 0.2) is 42.9 Å². The lowest BCUT2D eigenvalue weighted by molar-refractivity contribution is -0.154. The first kappa shape index (κ1) is 25.5. The zero-order chi connectivity index (χ0) is 27.0. The van der Waals surface area contributed by atoms with Gasteiger partial charge in [-0.15, -0.1) is 5.10 Å². The highest BCUT2D eigenvalue weighted by atomic mass is 19.4. The number of anilines is 1. The summed E-state index contributed by atoms with van der Waals surface area (Å²) in [4.78, 5) is 21.3. The van der Waals surface area contributed by atoms with Crippen molar-refractivity contribution in [2.24, 2.45) is 5.92 Å². The molecule has 0 aromatic carbocycles. The van der Waals surface area contributed by atoms with Gasteiger partial charge in [-0.25, -0.2) is 9.50 Å².